The standard InChI is InChI=1S/C16H21ClN2OS/c17-16-13-4-1-2-5-14(13)21-15(16)12-18-6-3-7-19-8-10-20-11-9-19/h1-2,4-5,18H,3,6-12H2. The van der Waals surface area contributed by atoms with E-state index in [9.17, 15) is 0 Å². The summed E-state index contributed by atoms with van der Waals surface area (Å²) in [5.41, 5.74) is 0. The van der Waals surface area contributed by atoms with Crippen LogP contribution in [0.2, 0.25) is 5.02 Å². The first-order valence-corrected chi connectivity index (χ1v) is 8.71. The van der Waals surface area contributed by atoms with Gasteiger partial charge in [-0.25, -0.2) is 0 Å². The van der Waals surface area contributed by atoms with Crippen LogP contribution in [0.5, 0.6) is 0 Å². The molecular formula is C16H21ClN2OS. The van der Waals surface area contributed by atoms with E-state index in [1.165, 1.54) is 21.4 Å². The first-order chi connectivity index (χ1) is 10.3. The molecule has 0 aliphatic carbocycles. The largest absolute Gasteiger partial charge is 0.379 e. The maximum Gasteiger partial charge on any atom is 0.0636 e. The van der Waals surface area contributed by atoms with Crippen molar-refractivity contribution < 1.29 is 4.74 Å². The van der Waals surface area contributed by atoms with Gasteiger partial charge in [0, 0.05) is 34.6 Å². The number of nitrogens with one attached hydrogen (secondary N) is 1. The van der Waals surface area contributed by atoms with Gasteiger partial charge < -0.3 is 10.1 Å². The SMILES string of the molecule is Clc1c(CNCCCN2CCOCC2)sc2ccccc12. The number of thiophene rings is 1. The molecule has 1 aromatic carbocycles. The van der Waals surface area contributed by atoms with Gasteiger partial charge in [-0.1, -0.05) is 29.8 Å². The van der Waals surface area contributed by atoms with Crippen LogP contribution in [0.3, 0.4) is 0 Å². The summed E-state index contributed by atoms with van der Waals surface area (Å²) in [7, 11) is 0. The normalized spacial score (nSPS) is 16.6. The lowest BCUT2D eigenvalue weighted by Gasteiger charge is -2.26. The van der Waals surface area contributed by atoms with Gasteiger partial charge in [-0.05, 0) is 25.6 Å². The molecule has 1 N–H and O–H groups in total. The fraction of sp³-hybridized carbons (Fsp3) is 0.500. The summed E-state index contributed by atoms with van der Waals surface area (Å²) in [6, 6.07) is 8.33. The number of hydrogen-bond donors (Lipinski definition) is 1. The number of halogens is 1. The van der Waals surface area contributed by atoms with Gasteiger partial charge in [0.25, 0.3) is 0 Å². The van der Waals surface area contributed by atoms with E-state index in [0.717, 1.165) is 51.0 Å². The van der Waals surface area contributed by atoms with Crippen LogP contribution in [-0.4, -0.2) is 44.3 Å². The maximum atomic E-state index is 6.44. The van der Waals surface area contributed by atoms with Gasteiger partial charge in [0.2, 0.25) is 0 Å². The number of nitrogens with zero attached hydrogens (tertiary/aromatic N) is 1. The van der Waals surface area contributed by atoms with Gasteiger partial charge in [0.05, 0.1) is 18.2 Å². The lowest BCUT2D eigenvalue weighted by atomic mass is 10.2. The Morgan fingerprint density at radius 2 is 2.05 bits per heavy atom. The van der Waals surface area contributed by atoms with E-state index in [2.05, 4.69) is 28.4 Å². The Bertz CT molecular complexity index is 581. The molecule has 0 bridgehead atoms. The van der Waals surface area contributed by atoms with E-state index in [4.69, 9.17) is 16.3 Å². The van der Waals surface area contributed by atoms with Gasteiger partial charge >= 0.3 is 0 Å². The Morgan fingerprint density at radius 3 is 2.86 bits per heavy atom. The topological polar surface area (TPSA) is 24.5 Å². The molecule has 0 atom stereocenters. The van der Waals surface area contributed by atoms with Gasteiger partial charge in [-0.15, -0.1) is 11.3 Å². The highest BCUT2D eigenvalue weighted by molar-refractivity contribution is 7.19. The van der Waals surface area contributed by atoms with E-state index < -0.39 is 0 Å². The predicted molar refractivity (Wildman–Crippen MR) is 90.4 cm³/mol. The number of morpholine rings is 1. The minimum absolute atomic E-state index is 0.862. The quantitative estimate of drug-likeness (QED) is 0.825. The van der Waals surface area contributed by atoms with Crippen LogP contribution in [0.1, 0.15) is 11.3 Å². The van der Waals surface area contributed by atoms with Gasteiger partial charge in [-0.2, -0.15) is 0 Å². The first-order valence-electron chi connectivity index (χ1n) is 7.51. The summed E-state index contributed by atoms with van der Waals surface area (Å²) in [6.45, 7) is 6.94. The van der Waals surface area contributed by atoms with Crippen molar-refractivity contribution in [3.63, 3.8) is 0 Å². The molecule has 1 aliphatic rings. The minimum Gasteiger partial charge on any atom is -0.379 e. The second-order valence-corrected chi connectivity index (χ2v) is 6.83. The minimum atomic E-state index is 0.862. The average molecular weight is 325 g/mol. The molecule has 1 fully saturated rings. The summed E-state index contributed by atoms with van der Waals surface area (Å²) < 4.78 is 6.63. The summed E-state index contributed by atoms with van der Waals surface area (Å²) >= 11 is 8.23. The second-order valence-electron chi connectivity index (χ2n) is 5.32. The van der Waals surface area contributed by atoms with E-state index >= 15 is 0 Å². The van der Waals surface area contributed by atoms with Gasteiger partial charge in [-0.3, -0.25) is 4.90 Å². The maximum absolute atomic E-state index is 6.44. The van der Waals surface area contributed by atoms with E-state index in [1.54, 1.807) is 11.3 Å². The zero-order valence-electron chi connectivity index (χ0n) is 12.1. The highest BCUT2D eigenvalue weighted by Gasteiger charge is 2.10. The third-order valence-electron chi connectivity index (χ3n) is 3.82. The van der Waals surface area contributed by atoms with Crippen LogP contribution in [0.25, 0.3) is 10.1 Å². The third-order valence-corrected chi connectivity index (χ3v) is 5.53. The molecule has 3 rings (SSSR count). The van der Waals surface area contributed by atoms with Crippen LogP contribution in [-0.2, 0) is 11.3 Å². The Kier molecular flexibility index (Phi) is 5.49. The van der Waals surface area contributed by atoms with E-state index in [1.807, 2.05) is 6.07 Å². The smallest absolute Gasteiger partial charge is 0.0636 e. The Hall–Kier alpha value is -0.650. The van der Waals surface area contributed by atoms with Crippen molar-refractivity contribution in [2.45, 2.75) is 13.0 Å². The fourth-order valence-electron chi connectivity index (χ4n) is 2.63. The van der Waals surface area contributed by atoms with Gasteiger partial charge in [0.15, 0.2) is 0 Å². The molecular weight excluding hydrogens is 304 g/mol. The second kappa shape index (κ2) is 7.56. The lowest BCUT2D eigenvalue weighted by Crippen LogP contribution is -2.37. The van der Waals surface area contributed by atoms with Crippen molar-refractivity contribution in [3.05, 3.63) is 34.2 Å². The monoisotopic (exact) mass is 324 g/mol. The van der Waals surface area contributed by atoms with Crippen LogP contribution in [0.15, 0.2) is 24.3 Å². The van der Waals surface area contributed by atoms with Crippen LogP contribution in [0, 0.1) is 0 Å². The lowest BCUT2D eigenvalue weighted by molar-refractivity contribution is 0.0374. The number of ether oxygens (including phenoxy) is 1. The van der Waals surface area contributed by atoms with Gasteiger partial charge in [0.1, 0.15) is 0 Å². The molecule has 2 aromatic rings. The van der Waals surface area contributed by atoms with Crippen LogP contribution < -0.4 is 5.32 Å². The van der Waals surface area contributed by atoms with Crippen molar-refractivity contribution in [1.82, 2.24) is 10.2 Å². The average Bonchev–Trinajstić information content (AvgIpc) is 2.85. The zero-order chi connectivity index (χ0) is 14.5. The summed E-state index contributed by atoms with van der Waals surface area (Å²) in [6.07, 6.45) is 1.17. The molecule has 0 radical (unpaired) electrons. The summed E-state index contributed by atoms with van der Waals surface area (Å²) in [4.78, 5) is 3.71. The molecule has 0 unspecified atom stereocenters. The molecule has 3 nitrogen and oxygen atoms in total. The number of rotatable bonds is 6. The van der Waals surface area contributed by atoms with E-state index in [0.29, 0.717) is 0 Å². The predicted octanol–water partition coefficient (Wildman–Crippen LogP) is 3.37. The van der Waals surface area contributed by atoms with Crippen molar-refractivity contribution in [2.24, 2.45) is 0 Å². The molecule has 0 spiro atoms. The van der Waals surface area contributed by atoms with Crippen LogP contribution in [0.4, 0.5) is 0 Å². The van der Waals surface area contributed by atoms with Crippen molar-refractivity contribution in [3.8, 4) is 0 Å². The number of benzene rings is 1. The third kappa shape index (κ3) is 3.96. The van der Waals surface area contributed by atoms with Crippen molar-refractivity contribution in [2.75, 3.05) is 39.4 Å². The summed E-state index contributed by atoms with van der Waals surface area (Å²) in [5, 5.41) is 5.60. The highest BCUT2D eigenvalue weighted by atomic mass is 35.5. The molecule has 21 heavy (non-hydrogen) atoms. The molecule has 0 saturated carbocycles. The molecule has 1 aliphatic heterocycles. The molecule has 114 valence electrons. The Labute approximate surface area is 134 Å². The number of fused-ring (bicyclic) bond motifs is 1. The molecule has 2 heterocycles. The summed E-state index contributed by atoms with van der Waals surface area (Å²) in [5.74, 6) is 0. The molecule has 1 aromatic heterocycles. The molecule has 5 heteroatoms. The van der Waals surface area contributed by atoms with Crippen LogP contribution >= 0.6 is 22.9 Å². The van der Waals surface area contributed by atoms with E-state index in [-0.39, 0.29) is 0 Å². The molecule has 0 amide bonds. The fourth-order valence-corrected chi connectivity index (χ4v) is 4.10. The Morgan fingerprint density at radius 1 is 1.24 bits per heavy atom. The Balaban J connectivity index is 1.43. The zero-order valence-corrected chi connectivity index (χ0v) is 13.7. The first kappa shape index (κ1) is 15.3. The highest BCUT2D eigenvalue weighted by Crippen LogP contribution is 2.34. The van der Waals surface area contributed by atoms with Crippen molar-refractivity contribution in [1.29, 1.82) is 0 Å². The molecule has 1 saturated heterocycles. The number of hydrogen-bond acceptors (Lipinski definition) is 4. The van der Waals surface area contributed by atoms with Crippen molar-refractivity contribution >= 4 is 33.0 Å².